The van der Waals surface area contributed by atoms with Crippen LogP contribution in [0.15, 0.2) is 30.3 Å². The highest BCUT2D eigenvalue weighted by Gasteiger charge is 2.42. The Kier molecular flexibility index (Phi) is 3.90. The smallest absolute Gasteiger partial charge is 0.0338 e. The first kappa shape index (κ1) is 13.1. The summed E-state index contributed by atoms with van der Waals surface area (Å²) in [5.74, 6) is 0. The Morgan fingerprint density at radius 3 is 2.63 bits per heavy atom. The first-order chi connectivity index (χ1) is 9.32. The van der Waals surface area contributed by atoms with E-state index in [0.29, 0.717) is 11.6 Å². The van der Waals surface area contributed by atoms with Crippen LogP contribution in [0.25, 0.3) is 0 Å². The average Bonchev–Trinajstić information content (AvgIpc) is 2.92. The molecule has 0 amide bonds. The van der Waals surface area contributed by atoms with Crippen LogP contribution < -0.4 is 5.32 Å². The van der Waals surface area contributed by atoms with Crippen molar-refractivity contribution in [2.24, 2.45) is 0 Å². The zero-order chi connectivity index (χ0) is 13.1. The summed E-state index contributed by atoms with van der Waals surface area (Å²) in [5, 5.41) is 3.78. The maximum absolute atomic E-state index is 3.78. The Morgan fingerprint density at radius 1 is 1.21 bits per heavy atom. The van der Waals surface area contributed by atoms with E-state index in [4.69, 9.17) is 0 Å². The molecular weight excluding hydrogens is 232 g/mol. The molecule has 2 heteroatoms. The van der Waals surface area contributed by atoms with Crippen molar-refractivity contribution < 1.29 is 0 Å². The van der Waals surface area contributed by atoms with Gasteiger partial charge in [0.1, 0.15) is 0 Å². The fraction of sp³-hybridized carbons (Fsp3) is 0.647. The van der Waals surface area contributed by atoms with Crippen molar-refractivity contribution in [2.45, 2.75) is 57.2 Å². The van der Waals surface area contributed by atoms with E-state index in [9.17, 15) is 0 Å². The fourth-order valence-corrected chi connectivity index (χ4v) is 3.81. The molecule has 1 spiro atoms. The molecule has 1 saturated carbocycles. The van der Waals surface area contributed by atoms with Crippen LogP contribution in [-0.2, 0) is 6.54 Å². The largest absolute Gasteiger partial charge is 0.311 e. The second-order valence-corrected chi connectivity index (χ2v) is 6.28. The molecule has 3 rings (SSSR count). The highest BCUT2D eigenvalue weighted by molar-refractivity contribution is 5.16. The molecule has 1 N–H and O–H groups in total. The molecule has 0 radical (unpaired) electrons. The number of nitrogens with one attached hydrogen (secondary N) is 1. The van der Waals surface area contributed by atoms with E-state index in [-0.39, 0.29) is 0 Å². The van der Waals surface area contributed by atoms with Crippen molar-refractivity contribution in [3.05, 3.63) is 35.9 Å². The Labute approximate surface area is 117 Å². The van der Waals surface area contributed by atoms with Crippen LogP contribution in [0.3, 0.4) is 0 Å². The molecule has 1 saturated heterocycles. The van der Waals surface area contributed by atoms with Gasteiger partial charge in [-0.2, -0.15) is 0 Å². The highest BCUT2D eigenvalue weighted by atomic mass is 15.3. The van der Waals surface area contributed by atoms with E-state index < -0.39 is 0 Å². The van der Waals surface area contributed by atoms with Gasteiger partial charge in [0.2, 0.25) is 0 Å². The van der Waals surface area contributed by atoms with Gasteiger partial charge in [0.15, 0.2) is 0 Å². The van der Waals surface area contributed by atoms with Gasteiger partial charge in [0.25, 0.3) is 0 Å². The Hall–Kier alpha value is -0.860. The van der Waals surface area contributed by atoms with E-state index in [1.54, 1.807) is 0 Å². The van der Waals surface area contributed by atoms with Crippen molar-refractivity contribution >= 4 is 0 Å². The fourth-order valence-electron chi connectivity index (χ4n) is 3.81. The second-order valence-electron chi connectivity index (χ2n) is 6.28. The average molecular weight is 258 g/mol. The molecule has 2 aliphatic rings. The van der Waals surface area contributed by atoms with Crippen molar-refractivity contribution in [1.29, 1.82) is 0 Å². The maximum atomic E-state index is 3.78. The minimum absolute atomic E-state index is 0.446. The van der Waals surface area contributed by atoms with Gasteiger partial charge in [-0.25, -0.2) is 0 Å². The topological polar surface area (TPSA) is 15.3 Å². The molecule has 2 nitrogen and oxygen atoms in total. The quantitative estimate of drug-likeness (QED) is 0.896. The Morgan fingerprint density at radius 2 is 1.95 bits per heavy atom. The van der Waals surface area contributed by atoms with Gasteiger partial charge >= 0.3 is 0 Å². The molecule has 1 atom stereocenters. The van der Waals surface area contributed by atoms with Gasteiger partial charge in [-0.3, -0.25) is 4.90 Å². The van der Waals surface area contributed by atoms with Crippen LogP contribution in [0, 0.1) is 0 Å². The van der Waals surface area contributed by atoms with Crippen molar-refractivity contribution in [3.63, 3.8) is 0 Å². The third-order valence-electron chi connectivity index (χ3n) is 5.07. The molecular formula is C17H26N2. The van der Waals surface area contributed by atoms with Crippen LogP contribution in [0.4, 0.5) is 0 Å². The summed E-state index contributed by atoms with van der Waals surface area (Å²) in [5.41, 5.74) is 1.91. The van der Waals surface area contributed by atoms with Crippen molar-refractivity contribution in [3.8, 4) is 0 Å². The zero-order valence-corrected chi connectivity index (χ0v) is 12.1. The number of nitrogens with zero attached hydrogens (tertiary/aromatic N) is 1. The molecule has 2 fully saturated rings. The lowest BCUT2D eigenvalue weighted by molar-refractivity contribution is 0.0349. The summed E-state index contributed by atoms with van der Waals surface area (Å²) in [6.07, 6.45) is 6.81. The van der Waals surface area contributed by atoms with E-state index in [1.807, 2.05) is 0 Å². The minimum atomic E-state index is 0.446. The van der Waals surface area contributed by atoms with E-state index in [0.717, 1.165) is 6.54 Å². The SMILES string of the molecule is CCC1CN(Cc2ccccc2)C2(CCCC2)CN1. The predicted molar refractivity (Wildman–Crippen MR) is 80.1 cm³/mol. The van der Waals surface area contributed by atoms with Crippen LogP contribution >= 0.6 is 0 Å². The maximum Gasteiger partial charge on any atom is 0.0338 e. The van der Waals surface area contributed by atoms with Crippen molar-refractivity contribution in [2.75, 3.05) is 13.1 Å². The van der Waals surface area contributed by atoms with E-state index in [2.05, 4.69) is 47.5 Å². The number of hydrogen-bond acceptors (Lipinski definition) is 2. The molecule has 1 aromatic rings. The number of hydrogen-bond donors (Lipinski definition) is 1. The summed E-state index contributed by atoms with van der Waals surface area (Å²) in [7, 11) is 0. The molecule has 1 heterocycles. The molecule has 0 aromatic heterocycles. The molecule has 1 unspecified atom stereocenters. The van der Waals surface area contributed by atoms with Gasteiger partial charge in [-0.05, 0) is 24.8 Å². The van der Waals surface area contributed by atoms with Gasteiger partial charge < -0.3 is 5.32 Å². The molecule has 1 aliphatic carbocycles. The Bertz CT molecular complexity index is 395. The summed E-state index contributed by atoms with van der Waals surface area (Å²) < 4.78 is 0. The molecule has 19 heavy (non-hydrogen) atoms. The third-order valence-corrected chi connectivity index (χ3v) is 5.07. The van der Waals surface area contributed by atoms with Gasteiger partial charge in [0.05, 0.1) is 0 Å². The predicted octanol–water partition coefficient (Wildman–Crippen LogP) is 3.18. The summed E-state index contributed by atoms with van der Waals surface area (Å²) in [6.45, 7) is 5.83. The third kappa shape index (κ3) is 2.70. The summed E-state index contributed by atoms with van der Waals surface area (Å²) >= 11 is 0. The lowest BCUT2D eigenvalue weighted by Crippen LogP contribution is -2.62. The van der Waals surface area contributed by atoms with Crippen LogP contribution in [0.2, 0.25) is 0 Å². The molecule has 1 aliphatic heterocycles. The number of benzene rings is 1. The summed E-state index contributed by atoms with van der Waals surface area (Å²) in [4.78, 5) is 2.78. The van der Waals surface area contributed by atoms with Crippen LogP contribution in [-0.4, -0.2) is 29.6 Å². The van der Waals surface area contributed by atoms with Crippen LogP contribution in [0.5, 0.6) is 0 Å². The zero-order valence-electron chi connectivity index (χ0n) is 12.1. The molecule has 1 aromatic carbocycles. The lowest BCUT2D eigenvalue weighted by Gasteiger charge is -2.48. The second kappa shape index (κ2) is 5.64. The van der Waals surface area contributed by atoms with Gasteiger partial charge in [-0.15, -0.1) is 0 Å². The normalized spacial score (nSPS) is 26.9. The first-order valence-electron chi connectivity index (χ1n) is 7.85. The van der Waals surface area contributed by atoms with Crippen LogP contribution in [0.1, 0.15) is 44.6 Å². The molecule has 104 valence electrons. The monoisotopic (exact) mass is 258 g/mol. The lowest BCUT2D eigenvalue weighted by atomic mass is 9.90. The molecule has 0 bridgehead atoms. The Balaban J connectivity index is 1.77. The van der Waals surface area contributed by atoms with Gasteiger partial charge in [0, 0.05) is 31.2 Å². The van der Waals surface area contributed by atoms with E-state index >= 15 is 0 Å². The summed E-state index contributed by atoms with van der Waals surface area (Å²) in [6, 6.07) is 11.7. The standard InChI is InChI=1S/C17H26N2/c1-2-16-13-19(12-15-8-4-3-5-9-15)17(14-18-16)10-6-7-11-17/h3-5,8-9,16,18H,2,6-7,10-14H2,1H3. The van der Waals surface area contributed by atoms with E-state index in [1.165, 1.54) is 50.8 Å². The number of piperazine rings is 1. The highest BCUT2D eigenvalue weighted by Crippen LogP contribution is 2.37. The van der Waals surface area contributed by atoms with Crippen molar-refractivity contribution in [1.82, 2.24) is 10.2 Å². The van der Waals surface area contributed by atoms with Gasteiger partial charge in [-0.1, -0.05) is 50.1 Å². The minimum Gasteiger partial charge on any atom is -0.311 e. The first-order valence-corrected chi connectivity index (χ1v) is 7.85. The number of rotatable bonds is 3.